The van der Waals surface area contributed by atoms with Gasteiger partial charge in [0.1, 0.15) is 0 Å². The van der Waals surface area contributed by atoms with E-state index in [4.69, 9.17) is 4.74 Å². The summed E-state index contributed by atoms with van der Waals surface area (Å²) in [6.07, 6.45) is 1.62. The fourth-order valence-corrected chi connectivity index (χ4v) is 0.371. The summed E-state index contributed by atoms with van der Waals surface area (Å²) in [5.41, 5.74) is 0. The molecule has 2 nitrogen and oxygen atoms in total. The molecule has 0 atom stereocenters. The van der Waals surface area contributed by atoms with E-state index in [9.17, 15) is 0 Å². The second-order valence-electron chi connectivity index (χ2n) is 1.59. The van der Waals surface area contributed by atoms with Gasteiger partial charge in [0.25, 0.3) is 0 Å². The summed E-state index contributed by atoms with van der Waals surface area (Å²) in [6.45, 7) is 10.6. The molecule has 0 radical (unpaired) electrons. The van der Waals surface area contributed by atoms with Gasteiger partial charge >= 0.3 is 0 Å². The van der Waals surface area contributed by atoms with Crippen LogP contribution in [0.5, 0.6) is 0 Å². The molecule has 0 aromatic rings. The van der Waals surface area contributed by atoms with E-state index in [1.165, 1.54) is 0 Å². The smallest absolute Gasteiger partial charge is 0.211 e. The molecule has 0 heterocycles. The summed E-state index contributed by atoms with van der Waals surface area (Å²) in [7, 11) is 0. The van der Waals surface area contributed by atoms with Crippen LogP contribution in [0, 0.1) is 0 Å². The normalized spacial score (nSPS) is 9.56. The third-order valence-corrected chi connectivity index (χ3v) is 0.565. The first-order chi connectivity index (χ1) is 4.16. The van der Waals surface area contributed by atoms with E-state index in [1.807, 2.05) is 0 Å². The Morgan fingerprint density at radius 1 is 1.56 bits per heavy atom. The zero-order valence-electron chi connectivity index (χ0n) is 5.85. The Morgan fingerprint density at radius 3 is 2.44 bits per heavy atom. The molecule has 0 saturated carbocycles. The van der Waals surface area contributed by atoms with Crippen molar-refractivity contribution < 1.29 is 4.74 Å². The third kappa shape index (κ3) is 4.81. The first-order valence-electron chi connectivity index (χ1n) is 2.67. The van der Waals surface area contributed by atoms with Crippen molar-refractivity contribution in [2.75, 3.05) is 0 Å². The molecule has 2 heteroatoms. The van der Waals surface area contributed by atoms with Crippen molar-refractivity contribution in [3.63, 3.8) is 0 Å². The Bertz CT molecular complexity index is 147. The minimum atomic E-state index is 0.380. The monoisotopic (exact) mass is 125 g/mol. The van der Waals surface area contributed by atoms with Crippen LogP contribution in [0.3, 0.4) is 0 Å². The molecule has 0 aliphatic heterocycles. The number of hydrogen-bond acceptors (Lipinski definition) is 2. The highest BCUT2D eigenvalue weighted by Crippen LogP contribution is 2.00. The van der Waals surface area contributed by atoms with Crippen LogP contribution in [0.4, 0.5) is 0 Å². The average molecular weight is 125 g/mol. The van der Waals surface area contributed by atoms with Crippen molar-refractivity contribution in [2.24, 2.45) is 4.99 Å². The minimum Gasteiger partial charge on any atom is -0.445 e. The quantitative estimate of drug-likeness (QED) is 0.418. The van der Waals surface area contributed by atoms with E-state index < -0.39 is 0 Å². The molecule has 0 spiro atoms. The first-order valence-corrected chi connectivity index (χ1v) is 2.67. The van der Waals surface area contributed by atoms with Gasteiger partial charge in [0, 0.05) is 6.21 Å². The zero-order valence-corrected chi connectivity index (χ0v) is 5.85. The Morgan fingerprint density at radius 2 is 2.11 bits per heavy atom. The van der Waals surface area contributed by atoms with Gasteiger partial charge < -0.3 is 4.74 Å². The Hall–Kier alpha value is -1.05. The van der Waals surface area contributed by atoms with Gasteiger partial charge in [-0.2, -0.15) is 0 Å². The summed E-state index contributed by atoms with van der Waals surface area (Å²) in [5, 5.41) is 0. The number of aliphatic imine (C=N–C) groups is 1. The largest absolute Gasteiger partial charge is 0.445 e. The molecular weight excluding hydrogens is 114 g/mol. The van der Waals surface area contributed by atoms with Crippen molar-refractivity contribution in [3.8, 4) is 0 Å². The van der Waals surface area contributed by atoms with Gasteiger partial charge in [0.2, 0.25) is 5.88 Å². The summed E-state index contributed by atoms with van der Waals surface area (Å²) < 4.78 is 4.90. The van der Waals surface area contributed by atoms with Gasteiger partial charge in [-0.05, 0) is 20.4 Å². The zero-order chi connectivity index (χ0) is 7.28. The van der Waals surface area contributed by atoms with Crippen molar-refractivity contribution in [1.29, 1.82) is 0 Å². The molecule has 0 aromatic heterocycles. The fourth-order valence-electron chi connectivity index (χ4n) is 0.371. The second kappa shape index (κ2) is 3.89. The molecule has 0 bridgehead atoms. The van der Waals surface area contributed by atoms with Crippen molar-refractivity contribution >= 4 is 6.21 Å². The maximum absolute atomic E-state index is 4.90. The predicted octanol–water partition coefficient (Wildman–Crippen LogP) is 2.10. The number of allylic oxidation sites excluding steroid dienone is 1. The molecule has 0 N–H and O–H groups in total. The van der Waals surface area contributed by atoms with Crippen LogP contribution in [0.25, 0.3) is 0 Å². The maximum Gasteiger partial charge on any atom is 0.211 e. The molecule has 0 unspecified atom stereocenters. The SMILES string of the molecule is C=C(C)OC(=C)/N=C\C. The van der Waals surface area contributed by atoms with Crippen LogP contribution < -0.4 is 0 Å². The summed E-state index contributed by atoms with van der Waals surface area (Å²) in [6, 6.07) is 0. The summed E-state index contributed by atoms with van der Waals surface area (Å²) in [5.74, 6) is 0.982. The first kappa shape index (κ1) is 7.95. The van der Waals surface area contributed by atoms with Gasteiger partial charge in [0.15, 0.2) is 0 Å². The number of ether oxygens (including phenoxy) is 1. The lowest BCUT2D eigenvalue weighted by Crippen LogP contribution is -1.82. The summed E-state index contributed by atoms with van der Waals surface area (Å²) >= 11 is 0. The van der Waals surface area contributed by atoms with Gasteiger partial charge in [-0.15, -0.1) is 0 Å². The molecule has 9 heavy (non-hydrogen) atoms. The molecule has 50 valence electrons. The Labute approximate surface area is 55.6 Å². The predicted molar refractivity (Wildman–Crippen MR) is 39.2 cm³/mol. The molecule has 0 aromatic carbocycles. The molecule has 0 rings (SSSR count). The molecule has 0 fully saturated rings. The Balaban J connectivity index is 3.64. The lowest BCUT2D eigenvalue weighted by atomic mass is 10.6. The standard InChI is InChI=1S/C7H11NO/c1-5-8-7(4)9-6(2)3/h5H,2,4H2,1,3H3/b8-5-. The molecule has 0 saturated heterocycles. The van der Waals surface area contributed by atoms with Crippen LogP contribution >= 0.6 is 0 Å². The highest BCUT2D eigenvalue weighted by molar-refractivity contribution is 5.54. The van der Waals surface area contributed by atoms with Crippen LogP contribution in [0.2, 0.25) is 0 Å². The average Bonchev–Trinajstić information content (AvgIpc) is 1.63. The molecule has 0 aliphatic rings. The van der Waals surface area contributed by atoms with E-state index in [-0.39, 0.29) is 0 Å². The van der Waals surface area contributed by atoms with Crippen LogP contribution in [0.1, 0.15) is 13.8 Å². The molecular formula is C7H11NO. The minimum absolute atomic E-state index is 0.380. The van der Waals surface area contributed by atoms with Crippen molar-refractivity contribution in [2.45, 2.75) is 13.8 Å². The lowest BCUT2D eigenvalue weighted by Gasteiger charge is -1.99. The van der Waals surface area contributed by atoms with E-state index in [2.05, 4.69) is 18.2 Å². The van der Waals surface area contributed by atoms with Gasteiger partial charge in [0.05, 0.1) is 5.76 Å². The molecule has 0 aliphatic carbocycles. The van der Waals surface area contributed by atoms with E-state index in [0.29, 0.717) is 11.6 Å². The highest BCUT2D eigenvalue weighted by atomic mass is 16.5. The number of hydrogen-bond donors (Lipinski definition) is 0. The van der Waals surface area contributed by atoms with E-state index >= 15 is 0 Å². The number of rotatable bonds is 3. The van der Waals surface area contributed by atoms with E-state index in [1.54, 1.807) is 20.1 Å². The number of nitrogens with zero attached hydrogens (tertiary/aromatic N) is 1. The second-order valence-corrected chi connectivity index (χ2v) is 1.59. The third-order valence-electron chi connectivity index (χ3n) is 0.565. The van der Waals surface area contributed by atoms with Crippen molar-refractivity contribution in [3.05, 3.63) is 24.8 Å². The lowest BCUT2D eigenvalue weighted by molar-refractivity contribution is 0.308. The maximum atomic E-state index is 4.90. The van der Waals surface area contributed by atoms with Crippen LogP contribution in [-0.4, -0.2) is 6.21 Å². The van der Waals surface area contributed by atoms with Crippen LogP contribution in [0.15, 0.2) is 29.8 Å². The topological polar surface area (TPSA) is 21.6 Å². The van der Waals surface area contributed by atoms with Crippen LogP contribution in [-0.2, 0) is 4.74 Å². The van der Waals surface area contributed by atoms with E-state index in [0.717, 1.165) is 0 Å². The Kier molecular flexibility index (Phi) is 3.44. The van der Waals surface area contributed by atoms with Gasteiger partial charge in [-0.3, -0.25) is 0 Å². The molecule has 0 amide bonds. The fraction of sp³-hybridized carbons (Fsp3) is 0.286. The van der Waals surface area contributed by atoms with Crippen molar-refractivity contribution in [1.82, 2.24) is 0 Å². The summed E-state index contributed by atoms with van der Waals surface area (Å²) in [4.78, 5) is 3.76. The van der Waals surface area contributed by atoms with Gasteiger partial charge in [-0.1, -0.05) is 6.58 Å². The highest BCUT2D eigenvalue weighted by Gasteiger charge is 1.86. The van der Waals surface area contributed by atoms with Gasteiger partial charge in [-0.25, -0.2) is 4.99 Å².